The van der Waals surface area contributed by atoms with Crippen LogP contribution >= 0.6 is 0 Å². The summed E-state index contributed by atoms with van der Waals surface area (Å²) in [7, 11) is 1.37. The van der Waals surface area contributed by atoms with Gasteiger partial charge in [-0.25, -0.2) is 0 Å². The van der Waals surface area contributed by atoms with E-state index in [0.29, 0.717) is 17.6 Å². The molecule has 0 saturated carbocycles. The molecule has 0 aromatic carbocycles. The van der Waals surface area contributed by atoms with Gasteiger partial charge >= 0.3 is 0 Å². The zero-order valence-electron chi connectivity index (χ0n) is 42.0. The number of methoxy groups -OCH3 is 1. The quantitative estimate of drug-likeness (QED) is 0.0577. The van der Waals surface area contributed by atoms with Crippen molar-refractivity contribution in [2.45, 2.75) is 205 Å². The van der Waals surface area contributed by atoms with Crippen molar-refractivity contribution in [3.05, 3.63) is 139 Å². The van der Waals surface area contributed by atoms with Gasteiger partial charge in [-0.05, 0) is 205 Å². The number of allylic oxidation sites excluding steroid dienone is 22. The van der Waals surface area contributed by atoms with Gasteiger partial charge in [0.05, 0.1) is 7.11 Å². The fourth-order valence-electron chi connectivity index (χ4n) is 7.47. The topological polar surface area (TPSA) is 69.4 Å². The van der Waals surface area contributed by atoms with Gasteiger partial charge in [-0.2, -0.15) is 0 Å². The molecule has 0 radical (unpaired) electrons. The van der Waals surface area contributed by atoms with Crippen molar-refractivity contribution >= 4 is 11.6 Å². The Morgan fingerprint density at radius 2 is 0.645 bits per heavy atom. The lowest BCUT2D eigenvalue weighted by Gasteiger charge is -2.18. The summed E-state index contributed by atoms with van der Waals surface area (Å²) >= 11 is 0. The fourth-order valence-corrected chi connectivity index (χ4v) is 7.47. The molecule has 0 amide bonds. The lowest BCUT2D eigenvalue weighted by Crippen LogP contribution is -2.28. The van der Waals surface area contributed by atoms with Gasteiger partial charge in [0, 0.05) is 11.1 Å². The van der Waals surface area contributed by atoms with Gasteiger partial charge in [0.25, 0.3) is 0 Å². The Labute approximate surface area is 381 Å². The van der Waals surface area contributed by atoms with Crippen LogP contribution in [0.2, 0.25) is 0 Å². The number of hydrogen-bond donors (Lipinski definition) is 1. The van der Waals surface area contributed by atoms with Crippen molar-refractivity contribution in [1.29, 1.82) is 0 Å². The summed E-state index contributed by atoms with van der Waals surface area (Å²) in [4.78, 5) is 25.2. The molecule has 0 bridgehead atoms. The molecule has 62 heavy (non-hydrogen) atoms. The van der Waals surface area contributed by atoms with Gasteiger partial charge in [-0.15, -0.1) is 0 Å². The minimum atomic E-state index is -0.318. The van der Waals surface area contributed by atoms with Crippen molar-refractivity contribution in [3.8, 4) is 0 Å². The van der Waals surface area contributed by atoms with Gasteiger partial charge in [0.15, 0.2) is 5.76 Å². The van der Waals surface area contributed by atoms with Crippen LogP contribution in [-0.2, 0) is 14.3 Å². The van der Waals surface area contributed by atoms with Crippen molar-refractivity contribution in [2.75, 3.05) is 7.11 Å². The summed E-state index contributed by atoms with van der Waals surface area (Å²) in [6.45, 7) is 26.3. The molecule has 0 fully saturated rings. The first-order valence-corrected chi connectivity index (χ1v) is 23.8. The number of ether oxygens (including phenoxy) is 1. The third-order valence-electron chi connectivity index (χ3n) is 12.0. The number of nitrogens with two attached hydrogens (primary N) is 1. The highest BCUT2D eigenvalue weighted by atomic mass is 16.5. The van der Waals surface area contributed by atoms with Gasteiger partial charge in [-0.1, -0.05) is 116 Å². The van der Waals surface area contributed by atoms with Crippen molar-refractivity contribution in [1.82, 2.24) is 0 Å². The molecule has 0 spiro atoms. The lowest BCUT2D eigenvalue weighted by molar-refractivity contribution is -0.118. The molecular formula is C58H89NO3. The highest BCUT2D eigenvalue weighted by Crippen LogP contribution is 2.26. The monoisotopic (exact) mass is 848 g/mol. The standard InChI is InChI=1S/C58H89NO3/c1-43(2)23-14-24-44(3)25-15-26-45(4)27-16-28-46(5)29-17-30-47(6)31-18-32-48(7)33-19-34-49(8)35-20-36-50(9)37-21-38-51(10)39-22-40-52(11)41-42-54-53(12)56(60)55(59)58(62-13)57(54)61/h23,25,27,29,31,33,35,37,39,41H,14-22,24,26,28,30,32,34,36,38,40,42,59H2,1-13H3. The highest BCUT2D eigenvalue weighted by molar-refractivity contribution is 6.23. The first kappa shape index (κ1) is 55.8. The third kappa shape index (κ3) is 25.7. The summed E-state index contributed by atoms with van der Waals surface area (Å²) < 4.78 is 5.11. The lowest BCUT2D eigenvalue weighted by atomic mass is 9.90. The molecular weight excluding hydrogens is 759 g/mol. The smallest absolute Gasteiger partial charge is 0.226 e. The molecule has 1 aliphatic rings. The Kier molecular flexibility index (Phi) is 29.3. The first-order chi connectivity index (χ1) is 29.4. The molecule has 1 rings (SSSR count). The summed E-state index contributed by atoms with van der Waals surface area (Å²) in [5.41, 5.74) is 21.1. The van der Waals surface area contributed by atoms with Crippen LogP contribution in [0.4, 0.5) is 0 Å². The molecule has 0 aliphatic heterocycles. The van der Waals surface area contributed by atoms with Crippen LogP contribution in [0.25, 0.3) is 0 Å². The molecule has 1 aliphatic carbocycles. The molecule has 4 nitrogen and oxygen atoms in total. The predicted octanol–water partition coefficient (Wildman–Crippen LogP) is 17.2. The minimum Gasteiger partial charge on any atom is -0.491 e. The van der Waals surface area contributed by atoms with Crippen LogP contribution in [-0.4, -0.2) is 18.7 Å². The zero-order valence-corrected chi connectivity index (χ0v) is 42.0. The molecule has 0 atom stereocenters. The average molecular weight is 848 g/mol. The van der Waals surface area contributed by atoms with E-state index in [4.69, 9.17) is 10.5 Å². The van der Waals surface area contributed by atoms with E-state index in [1.807, 2.05) is 6.08 Å². The predicted molar refractivity (Wildman–Crippen MR) is 272 cm³/mol. The zero-order chi connectivity index (χ0) is 46.5. The van der Waals surface area contributed by atoms with Gasteiger partial charge in [0.2, 0.25) is 11.6 Å². The largest absolute Gasteiger partial charge is 0.491 e. The van der Waals surface area contributed by atoms with E-state index < -0.39 is 0 Å². The second-order valence-electron chi connectivity index (χ2n) is 18.5. The normalized spacial score (nSPS) is 16.0. The Morgan fingerprint density at radius 3 is 0.887 bits per heavy atom. The Balaban J connectivity index is 2.29. The van der Waals surface area contributed by atoms with E-state index in [2.05, 4.69) is 131 Å². The maximum Gasteiger partial charge on any atom is 0.226 e. The van der Waals surface area contributed by atoms with E-state index in [1.54, 1.807) is 6.92 Å². The van der Waals surface area contributed by atoms with Crippen molar-refractivity contribution in [2.24, 2.45) is 5.73 Å². The van der Waals surface area contributed by atoms with Gasteiger partial charge < -0.3 is 10.5 Å². The summed E-state index contributed by atoms with van der Waals surface area (Å²) in [6.07, 6.45) is 44.2. The highest BCUT2D eigenvalue weighted by Gasteiger charge is 2.31. The number of ketones is 2. The van der Waals surface area contributed by atoms with E-state index >= 15 is 0 Å². The number of carbonyl (C=O) groups is 2. The van der Waals surface area contributed by atoms with E-state index in [-0.39, 0.29) is 23.0 Å². The minimum absolute atomic E-state index is 0.0414. The van der Waals surface area contributed by atoms with Crippen molar-refractivity contribution in [3.63, 3.8) is 0 Å². The molecule has 0 heterocycles. The molecule has 0 saturated heterocycles. The third-order valence-corrected chi connectivity index (χ3v) is 12.0. The Hall–Kier alpha value is -4.18. The van der Waals surface area contributed by atoms with E-state index in [9.17, 15) is 9.59 Å². The average Bonchev–Trinajstić information content (AvgIpc) is 3.20. The second kappa shape index (κ2) is 32.5. The van der Waals surface area contributed by atoms with Crippen LogP contribution in [0.5, 0.6) is 0 Å². The molecule has 0 unspecified atom stereocenters. The summed E-state index contributed by atoms with van der Waals surface area (Å²) in [6, 6.07) is 0. The first-order valence-electron chi connectivity index (χ1n) is 23.8. The Morgan fingerprint density at radius 1 is 0.403 bits per heavy atom. The fraction of sp³-hybridized carbons (Fsp3) is 0.552. The Bertz CT molecular complexity index is 1830. The van der Waals surface area contributed by atoms with Crippen LogP contribution in [0, 0.1) is 0 Å². The molecule has 0 aromatic rings. The number of carbonyl (C=O) groups excluding carboxylic acids is 2. The van der Waals surface area contributed by atoms with Gasteiger partial charge in [0.1, 0.15) is 5.70 Å². The van der Waals surface area contributed by atoms with Crippen LogP contribution in [0.1, 0.15) is 205 Å². The molecule has 2 N–H and O–H groups in total. The van der Waals surface area contributed by atoms with E-state index in [1.165, 1.54) is 82.1 Å². The number of Topliss-reactive ketones (excluding diaryl/α,β-unsaturated/α-hetero) is 2. The van der Waals surface area contributed by atoms with Crippen LogP contribution in [0.3, 0.4) is 0 Å². The maximum atomic E-state index is 12.7. The van der Waals surface area contributed by atoms with Crippen molar-refractivity contribution < 1.29 is 14.3 Å². The van der Waals surface area contributed by atoms with E-state index in [0.717, 1.165) is 96.3 Å². The second-order valence-corrected chi connectivity index (χ2v) is 18.5. The maximum absolute atomic E-state index is 12.7. The molecule has 344 valence electrons. The van der Waals surface area contributed by atoms with Gasteiger partial charge in [-0.3, -0.25) is 9.59 Å². The number of hydrogen-bond acceptors (Lipinski definition) is 4. The molecule has 4 heteroatoms. The summed E-state index contributed by atoms with van der Waals surface area (Å²) in [5.74, 6) is -0.647. The summed E-state index contributed by atoms with van der Waals surface area (Å²) in [5, 5.41) is 0. The molecule has 0 aromatic heterocycles. The SMILES string of the molecule is COC1=C(N)C(=O)C(C)=C(CC=C(C)CCC=C(C)CCC=C(C)CCC=C(C)CCC=C(C)CCC=C(C)CCC=C(C)CCC=C(C)CCC=C(C)CCC=C(C)C)C1=O. The van der Waals surface area contributed by atoms with Crippen LogP contribution in [0.15, 0.2) is 139 Å². The number of rotatable bonds is 30. The van der Waals surface area contributed by atoms with Crippen LogP contribution < -0.4 is 5.73 Å².